The van der Waals surface area contributed by atoms with Gasteiger partial charge in [-0.1, -0.05) is 19.1 Å². The zero-order chi connectivity index (χ0) is 14.4. The molecule has 0 radical (unpaired) electrons. The molecule has 0 aliphatic carbocycles. The lowest BCUT2D eigenvalue weighted by molar-refractivity contribution is 0.514. The maximum atomic E-state index is 13.6. The summed E-state index contributed by atoms with van der Waals surface area (Å²) >= 11 is 3.31. The number of rotatable bonds is 6. The Labute approximate surface area is 126 Å². The largest absolute Gasteiger partial charge is 0.308 e. The van der Waals surface area contributed by atoms with Crippen LogP contribution in [0.15, 0.2) is 41.3 Å². The lowest BCUT2D eigenvalue weighted by atomic mass is 10.0. The standard InChI is InChI=1S/C15H17BrFN3/c1-2-7-19-14(13-6-8-18-10-20-13)9-11-4-3-5-12(17)15(11)16/h3-6,8,10,14,19H,2,7,9H2,1H3. The van der Waals surface area contributed by atoms with Gasteiger partial charge in [0.05, 0.1) is 16.2 Å². The fraction of sp³-hybridized carbons (Fsp3) is 0.333. The Morgan fingerprint density at radius 3 is 2.90 bits per heavy atom. The van der Waals surface area contributed by atoms with Crippen molar-refractivity contribution >= 4 is 15.9 Å². The lowest BCUT2D eigenvalue weighted by Gasteiger charge is -2.18. The molecule has 1 heterocycles. The van der Waals surface area contributed by atoms with Crippen molar-refractivity contribution in [2.24, 2.45) is 0 Å². The molecular weight excluding hydrogens is 321 g/mol. The summed E-state index contributed by atoms with van der Waals surface area (Å²) in [6.45, 7) is 3.00. The van der Waals surface area contributed by atoms with E-state index in [1.807, 2.05) is 12.1 Å². The van der Waals surface area contributed by atoms with Gasteiger partial charge in [0.1, 0.15) is 12.1 Å². The van der Waals surface area contributed by atoms with Gasteiger partial charge in [-0.05, 0) is 53.0 Å². The smallest absolute Gasteiger partial charge is 0.137 e. The highest BCUT2D eigenvalue weighted by Crippen LogP contribution is 2.25. The van der Waals surface area contributed by atoms with Gasteiger partial charge in [-0.25, -0.2) is 14.4 Å². The van der Waals surface area contributed by atoms with Crippen molar-refractivity contribution in [3.63, 3.8) is 0 Å². The van der Waals surface area contributed by atoms with Crippen LogP contribution < -0.4 is 5.32 Å². The van der Waals surface area contributed by atoms with Crippen LogP contribution in [0.2, 0.25) is 0 Å². The second-order valence-corrected chi connectivity index (χ2v) is 5.35. The third-order valence-corrected chi connectivity index (χ3v) is 3.95. The molecule has 2 aromatic rings. The summed E-state index contributed by atoms with van der Waals surface area (Å²) in [5, 5.41) is 3.45. The van der Waals surface area contributed by atoms with Crippen LogP contribution in [0.4, 0.5) is 4.39 Å². The monoisotopic (exact) mass is 337 g/mol. The van der Waals surface area contributed by atoms with E-state index in [2.05, 4.69) is 38.1 Å². The summed E-state index contributed by atoms with van der Waals surface area (Å²) in [4.78, 5) is 8.24. The minimum atomic E-state index is -0.237. The highest BCUT2D eigenvalue weighted by molar-refractivity contribution is 9.10. The Hall–Kier alpha value is -1.33. The van der Waals surface area contributed by atoms with Crippen molar-refractivity contribution in [1.82, 2.24) is 15.3 Å². The van der Waals surface area contributed by atoms with Gasteiger partial charge in [-0.15, -0.1) is 0 Å². The molecule has 1 aromatic heterocycles. The van der Waals surface area contributed by atoms with E-state index in [-0.39, 0.29) is 11.9 Å². The first-order chi connectivity index (χ1) is 9.72. The second kappa shape index (κ2) is 7.45. The van der Waals surface area contributed by atoms with Crippen LogP contribution in [0, 0.1) is 5.82 Å². The number of hydrogen-bond acceptors (Lipinski definition) is 3. The van der Waals surface area contributed by atoms with Crippen molar-refractivity contribution in [3.05, 3.63) is 58.3 Å². The number of benzene rings is 1. The fourth-order valence-corrected chi connectivity index (χ4v) is 2.46. The average molecular weight is 338 g/mol. The zero-order valence-corrected chi connectivity index (χ0v) is 12.9. The van der Waals surface area contributed by atoms with Crippen LogP contribution in [0.1, 0.15) is 30.6 Å². The molecule has 1 atom stereocenters. The molecule has 3 nitrogen and oxygen atoms in total. The van der Waals surface area contributed by atoms with E-state index >= 15 is 0 Å². The van der Waals surface area contributed by atoms with Crippen LogP contribution in [0.3, 0.4) is 0 Å². The van der Waals surface area contributed by atoms with Crippen LogP contribution >= 0.6 is 15.9 Å². The molecule has 0 amide bonds. The molecule has 2 rings (SSSR count). The summed E-state index contributed by atoms with van der Waals surface area (Å²) in [5.41, 5.74) is 1.85. The van der Waals surface area contributed by atoms with E-state index in [0.717, 1.165) is 24.2 Å². The number of nitrogens with one attached hydrogen (secondary N) is 1. The molecule has 0 aliphatic rings. The Kier molecular flexibility index (Phi) is 5.61. The van der Waals surface area contributed by atoms with Crippen LogP contribution in [-0.4, -0.2) is 16.5 Å². The van der Waals surface area contributed by atoms with Crippen LogP contribution in [0.5, 0.6) is 0 Å². The molecule has 0 spiro atoms. The molecule has 0 aliphatic heterocycles. The van der Waals surface area contributed by atoms with E-state index in [1.54, 1.807) is 12.3 Å². The highest BCUT2D eigenvalue weighted by Gasteiger charge is 2.15. The Bertz CT molecular complexity index is 548. The van der Waals surface area contributed by atoms with Crippen LogP contribution in [0.25, 0.3) is 0 Å². The quantitative estimate of drug-likeness (QED) is 0.873. The number of halogens is 2. The molecule has 0 bridgehead atoms. The van der Waals surface area contributed by atoms with Crippen molar-refractivity contribution in [2.45, 2.75) is 25.8 Å². The molecular formula is C15H17BrFN3. The maximum absolute atomic E-state index is 13.6. The van der Waals surface area contributed by atoms with Gasteiger partial charge in [-0.3, -0.25) is 0 Å². The zero-order valence-electron chi connectivity index (χ0n) is 11.3. The minimum absolute atomic E-state index is 0.0519. The first kappa shape index (κ1) is 15.1. The minimum Gasteiger partial charge on any atom is -0.308 e. The molecule has 0 saturated carbocycles. The molecule has 0 fully saturated rings. The van der Waals surface area contributed by atoms with Crippen LogP contribution in [-0.2, 0) is 6.42 Å². The molecule has 1 aromatic carbocycles. The van der Waals surface area contributed by atoms with Gasteiger partial charge in [0, 0.05) is 6.20 Å². The lowest BCUT2D eigenvalue weighted by Crippen LogP contribution is -2.25. The van der Waals surface area contributed by atoms with Gasteiger partial charge in [0.25, 0.3) is 0 Å². The summed E-state index contributed by atoms with van der Waals surface area (Å²) in [6.07, 6.45) is 4.97. The van der Waals surface area contributed by atoms with Crippen molar-refractivity contribution in [1.29, 1.82) is 0 Å². The average Bonchev–Trinajstić information content (AvgIpc) is 2.48. The van der Waals surface area contributed by atoms with Gasteiger partial charge in [0.15, 0.2) is 0 Å². The summed E-state index contributed by atoms with van der Waals surface area (Å²) in [6, 6.07) is 7.05. The molecule has 1 N–H and O–H groups in total. The van der Waals surface area contributed by atoms with E-state index < -0.39 is 0 Å². The van der Waals surface area contributed by atoms with E-state index in [9.17, 15) is 4.39 Å². The number of nitrogens with zero attached hydrogens (tertiary/aromatic N) is 2. The van der Waals surface area contributed by atoms with Crippen molar-refractivity contribution in [2.75, 3.05) is 6.54 Å². The molecule has 0 saturated heterocycles. The fourth-order valence-electron chi connectivity index (χ4n) is 2.03. The molecule has 106 valence electrons. The highest BCUT2D eigenvalue weighted by atomic mass is 79.9. The Morgan fingerprint density at radius 2 is 2.20 bits per heavy atom. The molecule has 20 heavy (non-hydrogen) atoms. The Balaban J connectivity index is 2.21. The Morgan fingerprint density at radius 1 is 1.35 bits per heavy atom. The third kappa shape index (κ3) is 3.84. The van der Waals surface area contributed by atoms with Gasteiger partial charge in [-0.2, -0.15) is 0 Å². The normalized spacial score (nSPS) is 12.3. The number of hydrogen-bond donors (Lipinski definition) is 1. The van der Waals surface area contributed by atoms with E-state index in [4.69, 9.17) is 0 Å². The summed E-state index contributed by atoms with van der Waals surface area (Å²) < 4.78 is 14.1. The van der Waals surface area contributed by atoms with E-state index in [0.29, 0.717) is 10.9 Å². The predicted octanol–water partition coefficient (Wildman–Crippen LogP) is 3.66. The summed E-state index contributed by atoms with van der Waals surface area (Å²) in [5.74, 6) is -0.237. The topological polar surface area (TPSA) is 37.8 Å². The predicted molar refractivity (Wildman–Crippen MR) is 80.9 cm³/mol. The van der Waals surface area contributed by atoms with Gasteiger partial charge >= 0.3 is 0 Å². The molecule has 5 heteroatoms. The molecule has 1 unspecified atom stereocenters. The first-order valence-corrected chi connectivity index (χ1v) is 7.44. The number of aromatic nitrogens is 2. The van der Waals surface area contributed by atoms with Crippen molar-refractivity contribution < 1.29 is 4.39 Å². The SMILES string of the molecule is CCCNC(Cc1cccc(F)c1Br)c1ccncn1. The summed E-state index contributed by atoms with van der Waals surface area (Å²) in [7, 11) is 0. The first-order valence-electron chi connectivity index (χ1n) is 6.64. The van der Waals surface area contributed by atoms with Crippen molar-refractivity contribution in [3.8, 4) is 0 Å². The van der Waals surface area contributed by atoms with Gasteiger partial charge in [0.2, 0.25) is 0 Å². The second-order valence-electron chi connectivity index (χ2n) is 4.56. The van der Waals surface area contributed by atoms with E-state index in [1.165, 1.54) is 12.4 Å². The maximum Gasteiger partial charge on any atom is 0.137 e. The van der Waals surface area contributed by atoms with Gasteiger partial charge < -0.3 is 5.32 Å². The third-order valence-electron chi connectivity index (χ3n) is 3.06.